The molecule has 0 amide bonds. The fourth-order valence-corrected chi connectivity index (χ4v) is 6.52. The highest BCUT2D eigenvalue weighted by Gasteiger charge is 2.25. The summed E-state index contributed by atoms with van der Waals surface area (Å²) in [6, 6.07) is 8.70. The molecule has 13 heteroatoms. The second kappa shape index (κ2) is 11.8. The van der Waals surface area contributed by atoms with Crippen LogP contribution >= 0.6 is 23.7 Å². The number of hydrogen-bond acceptors (Lipinski definition) is 10. The van der Waals surface area contributed by atoms with Crippen LogP contribution in [0.5, 0.6) is 11.5 Å². The van der Waals surface area contributed by atoms with Crippen LogP contribution in [0.1, 0.15) is 18.9 Å². The Labute approximate surface area is 231 Å². The van der Waals surface area contributed by atoms with Crippen molar-refractivity contribution >= 4 is 55.6 Å². The predicted octanol–water partition coefficient (Wildman–Crippen LogP) is 4.55. The second-order valence-electron chi connectivity index (χ2n) is 8.62. The third-order valence-corrected chi connectivity index (χ3v) is 8.77. The number of hydrogen-bond donors (Lipinski definition) is 2. The van der Waals surface area contributed by atoms with Crippen molar-refractivity contribution in [1.29, 1.82) is 0 Å². The summed E-state index contributed by atoms with van der Waals surface area (Å²) in [6.07, 6.45) is 3.65. The number of aryl methyl sites for hydroxylation is 1. The molecule has 0 aliphatic carbocycles. The number of sulfonamides is 1. The van der Waals surface area contributed by atoms with E-state index in [0.29, 0.717) is 23.1 Å². The summed E-state index contributed by atoms with van der Waals surface area (Å²) < 4.78 is 45.7. The van der Waals surface area contributed by atoms with Gasteiger partial charge in [0.1, 0.15) is 31.8 Å². The molecule has 10 nitrogen and oxygen atoms in total. The Hall–Kier alpha value is -3.06. The maximum absolute atomic E-state index is 13.3. The minimum Gasteiger partial charge on any atom is -0.496 e. The number of anilines is 2. The Kier molecular flexibility index (Phi) is 8.66. The molecule has 0 saturated carbocycles. The van der Waals surface area contributed by atoms with Crippen molar-refractivity contribution in [3.63, 3.8) is 0 Å². The van der Waals surface area contributed by atoms with Crippen LogP contribution < -0.4 is 24.4 Å². The molecule has 4 aromatic rings. The van der Waals surface area contributed by atoms with Gasteiger partial charge in [0.15, 0.2) is 11.4 Å². The van der Waals surface area contributed by atoms with Gasteiger partial charge in [-0.25, -0.2) is 13.4 Å². The minimum absolute atomic E-state index is 0. The SMILES string of the molecule is CCc1ccc(OC)c(S(=O)(=O)Nc2noc3cc(-c4ncc(N5CCCNCC5)s4)cc(OC)c23)c1.Cl. The smallest absolute Gasteiger partial charge is 0.266 e. The standard InChI is InChI=1S/C25H29N5O5S2.ClH/c1-4-16-6-7-18(33-2)21(12-16)37(31,32)29-24-23-19(34-3)13-17(14-20(23)35-28-24)25-27-15-22(36-25)30-10-5-8-26-9-11-30;/h6-7,12-15,26H,4-5,8-11H2,1-3H3,(H,28,29);1H. The summed E-state index contributed by atoms with van der Waals surface area (Å²) in [7, 11) is -1.07. The number of rotatable bonds is 8. The Morgan fingerprint density at radius 3 is 2.71 bits per heavy atom. The average molecular weight is 580 g/mol. The Bertz CT molecular complexity index is 1510. The number of methoxy groups -OCH3 is 2. The molecule has 3 heterocycles. The Morgan fingerprint density at radius 1 is 1.13 bits per heavy atom. The van der Waals surface area contributed by atoms with E-state index < -0.39 is 10.0 Å². The van der Waals surface area contributed by atoms with E-state index >= 15 is 0 Å². The summed E-state index contributed by atoms with van der Waals surface area (Å²) >= 11 is 1.60. The highest BCUT2D eigenvalue weighted by molar-refractivity contribution is 7.92. The molecule has 0 spiro atoms. The van der Waals surface area contributed by atoms with Gasteiger partial charge in [-0.05, 0) is 49.2 Å². The number of fused-ring (bicyclic) bond motifs is 1. The highest BCUT2D eigenvalue weighted by Crippen LogP contribution is 2.40. The monoisotopic (exact) mass is 579 g/mol. The number of nitrogens with one attached hydrogen (secondary N) is 2. The zero-order valence-electron chi connectivity index (χ0n) is 21.3. The third-order valence-electron chi connectivity index (χ3n) is 6.31. The van der Waals surface area contributed by atoms with E-state index in [4.69, 9.17) is 14.0 Å². The minimum atomic E-state index is -4.02. The molecule has 2 N–H and O–H groups in total. The predicted molar refractivity (Wildman–Crippen MR) is 152 cm³/mol. The molecular weight excluding hydrogens is 550 g/mol. The summed E-state index contributed by atoms with van der Waals surface area (Å²) in [4.78, 5) is 6.99. The first kappa shape index (κ1) is 28.0. The van der Waals surface area contributed by atoms with Gasteiger partial charge in [0.05, 0.1) is 20.4 Å². The number of halogens is 1. The van der Waals surface area contributed by atoms with Crippen molar-refractivity contribution < 1.29 is 22.4 Å². The quantitative estimate of drug-likeness (QED) is 0.310. The van der Waals surface area contributed by atoms with Gasteiger partial charge in [-0.15, -0.1) is 12.4 Å². The van der Waals surface area contributed by atoms with Gasteiger partial charge in [0, 0.05) is 25.2 Å². The Morgan fingerprint density at radius 2 is 1.95 bits per heavy atom. The normalized spacial score (nSPS) is 14.1. The lowest BCUT2D eigenvalue weighted by Crippen LogP contribution is -2.26. The number of nitrogens with zero attached hydrogens (tertiary/aromatic N) is 3. The lowest BCUT2D eigenvalue weighted by molar-refractivity contribution is 0.402. The Balaban J connectivity index is 0.00000336. The van der Waals surface area contributed by atoms with E-state index in [0.717, 1.165) is 53.7 Å². The number of thiazole rings is 1. The first-order valence-electron chi connectivity index (χ1n) is 12.0. The number of aromatic nitrogens is 2. The summed E-state index contributed by atoms with van der Waals surface area (Å²) in [5.74, 6) is 0.710. The van der Waals surface area contributed by atoms with Crippen LogP contribution in [0.3, 0.4) is 0 Å². The molecule has 0 atom stereocenters. The van der Waals surface area contributed by atoms with Crippen molar-refractivity contribution in [2.45, 2.75) is 24.7 Å². The van der Waals surface area contributed by atoms with Crippen LogP contribution in [-0.2, 0) is 16.4 Å². The van der Waals surface area contributed by atoms with Crippen molar-refractivity contribution in [3.8, 4) is 22.1 Å². The zero-order valence-corrected chi connectivity index (χ0v) is 23.8. The molecule has 204 valence electrons. The number of ether oxygens (including phenoxy) is 2. The van der Waals surface area contributed by atoms with Gasteiger partial charge in [-0.2, -0.15) is 0 Å². The molecule has 0 unspecified atom stereocenters. The molecule has 2 aromatic carbocycles. The van der Waals surface area contributed by atoms with Crippen LogP contribution in [-0.4, -0.2) is 59.0 Å². The average Bonchev–Trinajstić information content (AvgIpc) is 3.47. The molecule has 38 heavy (non-hydrogen) atoms. The molecule has 0 bridgehead atoms. The molecule has 1 aliphatic heterocycles. The third kappa shape index (κ3) is 5.53. The van der Waals surface area contributed by atoms with Gasteiger partial charge in [0.25, 0.3) is 10.0 Å². The molecule has 1 saturated heterocycles. The van der Waals surface area contributed by atoms with Crippen LogP contribution in [0.2, 0.25) is 0 Å². The van der Waals surface area contributed by atoms with E-state index in [-0.39, 0.29) is 28.9 Å². The van der Waals surface area contributed by atoms with Gasteiger partial charge >= 0.3 is 0 Å². The van der Waals surface area contributed by atoms with E-state index in [1.807, 2.05) is 25.3 Å². The van der Waals surface area contributed by atoms with E-state index in [1.54, 1.807) is 29.5 Å². The van der Waals surface area contributed by atoms with Gasteiger partial charge in [0.2, 0.25) is 0 Å². The first-order valence-corrected chi connectivity index (χ1v) is 14.3. The van der Waals surface area contributed by atoms with E-state index in [9.17, 15) is 8.42 Å². The molecule has 1 fully saturated rings. The van der Waals surface area contributed by atoms with Crippen LogP contribution in [0.25, 0.3) is 21.5 Å². The lowest BCUT2D eigenvalue weighted by atomic mass is 10.1. The van der Waals surface area contributed by atoms with Crippen molar-refractivity contribution in [2.24, 2.45) is 0 Å². The van der Waals surface area contributed by atoms with Gasteiger partial charge in [-0.3, -0.25) is 4.72 Å². The molecular formula is C25H30ClN5O5S2. The largest absolute Gasteiger partial charge is 0.496 e. The lowest BCUT2D eigenvalue weighted by Gasteiger charge is -2.18. The second-order valence-corrected chi connectivity index (χ2v) is 11.3. The number of benzene rings is 2. The first-order chi connectivity index (χ1) is 17.9. The molecule has 1 aliphatic rings. The zero-order chi connectivity index (χ0) is 26.0. The molecule has 5 rings (SSSR count). The van der Waals surface area contributed by atoms with Gasteiger partial charge in [-0.1, -0.05) is 29.5 Å². The van der Waals surface area contributed by atoms with Crippen LogP contribution in [0.4, 0.5) is 10.8 Å². The van der Waals surface area contributed by atoms with Crippen molar-refractivity contribution in [1.82, 2.24) is 15.5 Å². The summed E-state index contributed by atoms with van der Waals surface area (Å²) in [5.41, 5.74) is 2.06. The summed E-state index contributed by atoms with van der Waals surface area (Å²) in [5, 5.41) is 9.77. The van der Waals surface area contributed by atoms with Crippen LogP contribution in [0.15, 0.2) is 45.9 Å². The van der Waals surface area contributed by atoms with Crippen molar-refractivity contribution in [2.75, 3.05) is 50.0 Å². The van der Waals surface area contributed by atoms with Crippen molar-refractivity contribution in [3.05, 3.63) is 42.1 Å². The van der Waals surface area contributed by atoms with E-state index in [2.05, 4.69) is 25.1 Å². The molecule has 2 aromatic heterocycles. The summed E-state index contributed by atoms with van der Waals surface area (Å²) in [6.45, 7) is 5.83. The van der Waals surface area contributed by atoms with Crippen LogP contribution in [0, 0.1) is 0 Å². The highest BCUT2D eigenvalue weighted by atomic mass is 35.5. The van der Waals surface area contributed by atoms with E-state index in [1.165, 1.54) is 14.2 Å². The maximum atomic E-state index is 13.3. The molecule has 0 radical (unpaired) electrons. The van der Waals surface area contributed by atoms with Gasteiger partial charge < -0.3 is 24.2 Å². The maximum Gasteiger partial charge on any atom is 0.266 e. The fraction of sp³-hybridized carbons (Fsp3) is 0.360. The topological polar surface area (TPSA) is 119 Å². The fourth-order valence-electron chi connectivity index (χ4n) is 4.33.